The van der Waals surface area contributed by atoms with Gasteiger partial charge in [0, 0.05) is 7.05 Å². The molecule has 22 heavy (non-hydrogen) atoms. The van der Waals surface area contributed by atoms with Gasteiger partial charge in [-0.1, -0.05) is 0 Å². The molecular formula is C12H13N3O6S. The number of hydrogen-bond donors (Lipinski definition) is 3. The van der Waals surface area contributed by atoms with E-state index in [2.05, 4.69) is 9.97 Å². The number of aromatic amines is 2. The van der Waals surface area contributed by atoms with Crippen molar-refractivity contribution in [2.45, 2.75) is 17.9 Å². The molecule has 0 amide bonds. The number of carbonyl (C=O) groups is 1. The maximum Gasteiger partial charge on any atom is 0.321 e. The van der Waals surface area contributed by atoms with Crippen molar-refractivity contribution in [2.75, 3.05) is 7.05 Å². The number of nitrogens with one attached hydrogen (secondary N) is 2. The van der Waals surface area contributed by atoms with E-state index in [-0.39, 0.29) is 15.9 Å². The van der Waals surface area contributed by atoms with E-state index in [1.165, 1.54) is 19.1 Å². The van der Waals surface area contributed by atoms with E-state index in [1.54, 1.807) is 0 Å². The number of benzene rings is 1. The smallest absolute Gasteiger partial charge is 0.321 e. The Kier molecular flexibility index (Phi) is 3.90. The van der Waals surface area contributed by atoms with Gasteiger partial charge in [-0.25, -0.2) is 8.42 Å². The third kappa shape index (κ3) is 2.65. The average Bonchev–Trinajstić information content (AvgIpc) is 2.46. The number of sulfonamides is 1. The van der Waals surface area contributed by atoms with Crippen LogP contribution in [0, 0.1) is 0 Å². The molecule has 0 bridgehead atoms. The van der Waals surface area contributed by atoms with E-state index in [0.717, 1.165) is 13.1 Å². The van der Waals surface area contributed by atoms with Crippen LogP contribution in [0.2, 0.25) is 0 Å². The lowest BCUT2D eigenvalue weighted by Gasteiger charge is -2.21. The summed E-state index contributed by atoms with van der Waals surface area (Å²) in [6.45, 7) is 1.24. The van der Waals surface area contributed by atoms with Gasteiger partial charge in [0.05, 0.1) is 15.9 Å². The molecule has 1 aromatic heterocycles. The molecule has 0 radical (unpaired) electrons. The minimum Gasteiger partial charge on any atom is -0.480 e. The zero-order chi connectivity index (χ0) is 16.7. The highest BCUT2D eigenvalue weighted by molar-refractivity contribution is 7.89. The number of aromatic nitrogens is 2. The molecular weight excluding hydrogens is 314 g/mol. The lowest BCUT2D eigenvalue weighted by atomic mass is 10.3. The first-order chi connectivity index (χ1) is 10.1. The van der Waals surface area contributed by atoms with Crippen LogP contribution in [0.15, 0.2) is 32.7 Å². The highest BCUT2D eigenvalue weighted by Gasteiger charge is 2.29. The number of likely N-dealkylation sites (N-methyl/N-ethyl adjacent to an activating group) is 1. The van der Waals surface area contributed by atoms with Gasteiger partial charge in [0.2, 0.25) is 10.0 Å². The second kappa shape index (κ2) is 5.39. The number of fused-ring (bicyclic) bond motifs is 1. The third-order valence-electron chi connectivity index (χ3n) is 3.27. The molecule has 0 aliphatic carbocycles. The molecule has 3 N–H and O–H groups in total. The van der Waals surface area contributed by atoms with Crippen LogP contribution in [-0.2, 0) is 14.8 Å². The van der Waals surface area contributed by atoms with E-state index in [0.29, 0.717) is 4.31 Å². The van der Waals surface area contributed by atoms with Gasteiger partial charge in [0.25, 0.3) is 0 Å². The van der Waals surface area contributed by atoms with E-state index in [1.807, 2.05) is 0 Å². The van der Waals surface area contributed by atoms with Crippen molar-refractivity contribution >= 4 is 27.0 Å². The van der Waals surface area contributed by atoms with Crippen LogP contribution in [0.25, 0.3) is 11.0 Å². The Balaban J connectivity index is 2.59. The van der Waals surface area contributed by atoms with Gasteiger partial charge in [0.1, 0.15) is 6.04 Å². The molecule has 2 rings (SSSR count). The molecule has 0 spiro atoms. The quantitative estimate of drug-likeness (QED) is 0.635. The van der Waals surface area contributed by atoms with Crippen LogP contribution in [0.5, 0.6) is 0 Å². The number of hydrogen-bond acceptors (Lipinski definition) is 5. The van der Waals surface area contributed by atoms with Gasteiger partial charge in [-0.3, -0.25) is 14.4 Å². The summed E-state index contributed by atoms with van der Waals surface area (Å²) >= 11 is 0. The summed E-state index contributed by atoms with van der Waals surface area (Å²) in [5, 5.41) is 8.91. The molecule has 0 aliphatic heterocycles. The fraction of sp³-hybridized carbons (Fsp3) is 0.250. The van der Waals surface area contributed by atoms with Crippen molar-refractivity contribution < 1.29 is 18.3 Å². The zero-order valence-corrected chi connectivity index (χ0v) is 12.5. The minimum absolute atomic E-state index is 0.127. The van der Waals surface area contributed by atoms with Crippen LogP contribution in [0.4, 0.5) is 0 Å². The predicted molar refractivity (Wildman–Crippen MR) is 77.2 cm³/mol. The van der Waals surface area contributed by atoms with Gasteiger partial charge in [-0.15, -0.1) is 0 Å². The van der Waals surface area contributed by atoms with E-state index < -0.39 is 33.2 Å². The van der Waals surface area contributed by atoms with E-state index in [4.69, 9.17) is 5.11 Å². The molecule has 2 aromatic rings. The SMILES string of the molecule is CC(C(=O)O)N(C)S(=O)(=O)c1ccc2[nH]c(=O)c(=O)[nH]c2c1. The summed E-state index contributed by atoms with van der Waals surface area (Å²) < 4.78 is 25.5. The number of H-pyrrole nitrogens is 2. The van der Waals surface area contributed by atoms with Gasteiger partial charge in [-0.05, 0) is 25.1 Å². The monoisotopic (exact) mass is 327 g/mol. The van der Waals surface area contributed by atoms with Crippen molar-refractivity contribution in [1.82, 2.24) is 14.3 Å². The molecule has 0 saturated carbocycles. The van der Waals surface area contributed by atoms with Crippen molar-refractivity contribution in [3.05, 3.63) is 38.9 Å². The lowest BCUT2D eigenvalue weighted by molar-refractivity contribution is -0.140. The number of carboxylic acids is 1. The number of rotatable bonds is 4. The van der Waals surface area contributed by atoms with Crippen LogP contribution < -0.4 is 11.1 Å². The molecule has 0 saturated heterocycles. The summed E-state index contributed by atoms with van der Waals surface area (Å²) in [4.78, 5) is 37.8. The fourth-order valence-corrected chi connectivity index (χ4v) is 3.13. The van der Waals surface area contributed by atoms with E-state index in [9.17, 15) is 22.8 Å². The molecule has 1 heterocycles. The molecule has 9 nitrogen and oxygen atoms in total. The standard InChI is InChI=1S/C12H13N3O6S/c1-6(12(18)19)15(2)22(20,21)7-3-4-8-9(5-7)14-11(17)10(16)13-8/h3-6H,1-2H3,(H,13,16)(H,14,17)(H,18,19). The van der Waals surface area contributed by atoms with Crippen LogP contribution in [0.1, 0.15) is 6.92 Å². The molecule has 1 aromatic carbocycles. The third-order valence-corrected chi connectivity index (χ3v) is 5.20. The molecule has 1 atom stereocenters. The van der Waals surface area contributed by atoms with Gasteiger partial charge < -0.3 is 15.1 Å². The summed E-state index contributed by atoms with van der Waals surface area (Å²) in [5.41, 5.74) is -1.37. The maximum atomic E-state index is 12.4. The zero-order valence-electron chi connectivity index (χ0n) is 11.7. The fourth-order valence-electron chi connectivity index (χ4n) is 1.78. The predicted octanol–water partition coefficient (Wildman–Crippen LogP) is -0.690. The van der Waals surface area contributed by atoms with Crippen LogP contribution in [-0.4, -0.2) is 46.9 Å². The van der Waals surface area contributed by atoms with Crippen LogP contribution >= 0.6 is 0 Å². The molecule has 0 aliphatic rings. The van der Waals surface area contributed by atoms with Gasteiger partial charge in [0.15, 0.2) is 0 Å². The Morgan fingerprint density at radius 1 is 1.18 bits per heavy atom. The second-order valence-corrected chi connectivity index (χ2v) is 6.65. The lowest BCUT2D eigenvalue weighted by Crippen LogP contribution is -2.40. The van der Waals surface area contributed by atoms with Crippen LogP contribution in [0.3, 0.4) is 0 Å². The Hall–Kier alpha value is -2.46. The van der Waals surface area contributed by atoms with E-state index >= 15 is 0 Å². The number of carboxylic acid groups (broad SMARTS) is 1. The first kappa shape index (κ1) is 15.9. The van der Waals surface area contributed by atoms with Crippen molar-refractivity contribution in [1.29, 1.82) is 0 Å². The average molecular weight is 327 g/mol. The minimum atomic E-state index is -4.06. The summed E-state index contributed by atoms with van der Waals surface area (Å²) in [6.07, 6.45) is 0. The van der Waals surface area contributed by atoms with Crippen molar-refractivity contribution in [3.8, 4) is 0 Å². The van der Waals surface area contributed by atoms with Crippen molar-refractivity contribution in [2.24, 2.45) is 0 Å². The highest BCUT2D eigenvalue weighted by Crippen LogP contribution is 2.19. The Morgan fingerprint density at radius 3 is 2.27 bits per heavy atom. The molecule has 1 unspecified atom stereocenters. The first-order valence-electron chi connectivity index (χ1n) is 6.12. The Bertz CT molecular complexity index is 959. The largest absolute Gasteiger partial charge is 0.480 e. The summed E-state index contributed by atoms with van der Waals surface area (Å²) in [5.74, 6) is -1.29. The number of aliphatic carboxylic acids is 1. The Morgan fingerprint density at radius 2 is 1.73 bits per heavy atom. The second-order valence-electron chi connectivity index (χ2n) is 4.65. The highest BCUT2D eigenvalue weighted by atomic mass is 32.2. The van der Waals surface area contributed by atoms with Crippen molar-refractivity contribution in [3.63, 3.8) is 0 Å². The summed E-state index contributed by atoms with van der Waals surface area (Å²) in [7, 11) is -2.91. The van der Waals surface area contributed by atoms with Gasteiger partial charge >= 0.3 is 17.1 Å². The topological polar surface area (TPSA) is 140 Å². The maximum absolute atomic E-state index is 12.4. The molecule has 10 heteroatoms. The number of nitrogens with zero attached hydrogens (tertiary/aromatic N) is 1. The Labute approximate surface area is 124 Å². The summed E-state index contributed by atoms with van der Waals surface area (Å²) in [6, 6.07) is 2.44. The first-order valence-corrected chi connectivity index (χ1v) is 7.56. The normalized spacial score (nSPS) is 13.4. The van der Waals surface area contributed by atoms with Gasteiger partial charge in [-0.2, -0.15) is 4.31 Å². The molecule has 118 valence electrons. The molecule has 0 fully saturated rings.